The van der Waals surface area contributed by atoms with E-state index >= 15 is 0 Å². The van der Waals surface area contributed by atoms with Crippen molar-refractivity contribution >= 4 is 16.9 Å². The zero-order valence-electron chi connectivity index (χ0n) is 15.2. The maximum atomic E-state index is 12.9. The molecule has 1 aliphatic heterocycles. The van der Waals surface area contributed by atoms with Crippen molar-refractivity contribution in [3.8, 4) is 0 Å². The Balaban J connectivity index is 1.67. The van der Waals surface area contributed by atoms with Crippen molar-refractivity contribution in [3.05, 3.63) is 73.8 Å². The smallest absolute Gasteiger partial charge is 0.349 e. The van der Waals surface area contributed by atoms with Crippen LogP contribution in [0.25, 0.3) is 11.0 Å². The summed E-state index contributed by atoms with van der Waals surface area (Å²) in [6, 6.07) is 8.65. The van der Waals surface area contributed by atoms with E-state index < -0.39 is 5.63 Å². The minimum atomic E-state index is -0.648. The molecule has 0 saturated carbocycles. The van der Waals surface area contributed by atoms with Gasteiger partial charge in [0.1, 0.15) is 17.0 Å². The Kier molecular flexibility index (Phi) is 4.14. The Bertz CT molecular complexity index is 1180. The Hall–Kier alpha value is -3.22. The first-order valence-electron chi connectivity index (χ1n) is 8.83. The molecule has 0 N–H and O–H groups in total. The zero-order valence-corrected chi connectivity index (χ0v) is 15.2. The van der Waals surface area contributed by atoms with Crippen molar-refractivity contribution in [2.75, 3.05) is 13.1 Å². The molecule has 0 fully saturated rings. The fraction of sp³-hybridized carbons (Fsp3) is 0.300. The third-order valence-electron chi connectivity index (χ3n) is 5.10. The number of aromatic nitrogens is 2. The molecule has 3 aromatic rings. The average molecular weight is 365 g/mol. The topological polar surface area (TPSA) is 85.4 Å². The number of hydrogen-bond donors (Lipinski definition) is 0. The number of carbonyl (C=O) groups excluding carboxylic acids is 1. The van der Waals surface area contributed by atoms with E-state index in [2.05, 4.69) is 4.98 Å². The van der Waals surface area contributed by atoms with Crippen LogP contribution in [0.2, 0.25) is 0 Å². The summed E-state index contributed by atoms with van der Waals surface area (Å²) < 4.78 is 6.80. The van der Waals surface area contributed by atoms with E-state index in [4.69, 9.17) is 4.42 Å². The minimum absolute atomic E-state index is 0.0108. The van der Waals surface area contributed by atoms with Gasteiger partial charge in [-0.25, -0.2) is 9.78 Å². The molecule has 0 saturated heterocycles. The van der Waals surface area contributed by atoms with Gasteiger partial charge in [0, 0.05) is 37.5 Å². The van der Waals surface area contributed by atoms with E-state index in [0.29, 0.717) is 48.3 Å². The molecule has 0 radical (unpaired) electrons. The molecule has 0 spiro atoms. The van der Waals surface area contributed by atoms with E-state index in [1.54, 1.807) is 43.1 Å². The highest BCUT2D eigenvalue weighted by Gasteiger charge is 2.25. The van der Waals surface area contributed by atoms with E-state index in [9.17, 15) is 14.4 Å². The lowest BCUT2D eigenvalue weighted by Gasteiger charge is -2.19. The molecule has 7 nitrogen and oxygen atoms in total. The fourth-order valence-corrected chi connectivity index (χ4v) is 3.45. The van der Waals surface area contributed by atoms with Crippen LogP contribution >= 0.6 is 0 Å². The standard InChI is InChI=1S/C20H19N3O4/c1-12-21-16-8-10-23(9-7-14(16)18(24)22(12)2)19(25)15-11-13-5-3-4-6-17(13)27-20(15)26/h3-6,11H,7-10H2,1-2H3. The first kappa shape index (κ1) is 17.2. The number of carbonyl (C=O) groups is 1. The van der Waals surface area contributed by atoms with Gasteiger partial charge in [-0.05, 0) is 25.5 Å². The molecular weight excluding hydrogens is 346 g/mol. The highest BCUT2D eigenvalue weighted by atomic mass is 16.4. The molecule has 0 bridgehead atoms. The maximum absolute atomic E-state index is 12.9. The Morgan fingerprint density at radius 1 is 1.15 bits per heavy atom. The molecule has 1 amide bonds. The van der Waals surface area contributed by atoms with Crippen molar-refractivity contribution in [2.24, 2.45) is 7.05 Å². The van der Waals surface area contributed by atoms with Gasteiger partial charge in [-0.1, -0.05) is 18.2 Å². The number of aryl methyl sites for hydroxylation is 1. The molecule has 4 rings (SSSR count). The second-order valence-corrected chi connectivity index (χ2v) is 6.73. The van der Waals surface area contributed by atoms with E-state index in [1.807, 2.05) is 6.07 Å². The highest BCUT2D eigenvalue weighted by Crippen LogP contribution is 2.16. The predicted octanol–water partition coefficient (Wildman–Crippen LogP) is 1.44. The highest BCUT2D eigenvalue weighted by molar-refractivity contribution is 5.96. The third kappa shape index (κ3) is 2.95. The molecule has 138 valence electrons. The van der Waals surface area contributed by atoms with Crippen LogP contribution in [0.3, 0.4) is 0 Å². The molecule has 1 aromatic carbocycles. The van der Waals surface area contributed by atoms with Gasteiger partial charge in [-0.3, -0.25) is 14.2 Å². The fourth-order valence-electron chi connectivity index (χ4n) is 3.45. The lowest BCUT2D eigenvalue weighted by atomic mass is 10.1. The molecule has 0 atom stereocenters. The van der Waals surface area contributed by atoms with Gasteiger partial charge in [0.2, 0.25) is 0 Å². The largest absolute Gasteiger partial charge is 0.422 e. The van der Waals surface area contributed by atoms with Gasteiger partial charge < -0.3 is 9.32 Å². The van der Waals surface area contributed by atoms with Crippen LogP contribution in [0.1, 0.15) is 27.4 Å². The van der Waals surface area contributed by atoms with Crippen molar-refractivity contribution in [1.29, 1.82) is 0 Å². The van der Waals surface area contributed by atoms with Crippen molar-refractivity contribution < 1.29 is 9.21 Å². The molecule has 7 heteroatoms. The van der Waals surface area contributed by atoms with E-state index in [0.717, 1.165) is 5.69 Å². The van der Waals surface area contributed by atoms with Crippen LogP contribution in [0.15, 0.2) is 44.3 Å². The first-order valence-corrected chi connectivity index (χ1v) is 8.83. The molecule has 27 heavy (non-hydrogen) atoms. The molecular formula is C20H19N3O4. The van der Waals surface area contributed by atoms with E-state index in [1.165, 1.54) is 4.57 Å². The Morgan fingerprint density at radius 3 is 2.70 bits per heavy atom. The molecule has 3 heterocycles. The monoisotopic (exact) mass is 365 g/mol. The lowest BCUT2D eigenvalue weighted by Crippen LogP contribution is -2.36. The van der Waals surface area contributed by atoms with Gasteiger partial charge in [0.05, 0.1) is 5.69 Å². The average Bonchev–Trinajstić information content (AvgIpc) is 2.88. The van der Waals surface area contributed by atoms with Crippen LogP contribution in [-0.2, 0) is 19.9 Å². The van der Waals surface area contributed by atoms with Crippen molar-refractivity contribution in [1.82, 2.24) is 14.5 Å². The predicted molar refractivity (Wildman–Crippen MR) is 100 cm³/mol. The summed E-state index contributed by atoms with van der Waals surface area (Å²) in [7, 11) is 1.69. The number of para-hydroxylation sites is 1. The van der Waals surface area contributed by atoms with Crippen LogP contribution in [0.5, 0.6) is 0 Å². The SMILES string of the molecule is Cc1nc2c(c(=O)n1C)CCN(C(=O)c1cc3ccccc3oc1=O)CC2. The summed E-state index contributed by atoms with van der Waals surface area (Å²) in [6.45, 7) is 2.55. The second kappa shape index (κ2) is 6.50. The van der Waals surface area contributed by atoms with Gasteiger partial charge in [-0.15, -0.1) is 0 Å². The number of fused-ring (bicyclic) bond motifs is 2. The summed E-state index contributed by atoms with van der Waals surface area (Å²) in [5, 5.41) is 0.699. The summed E-state index contributed by atoms with van der Waals surface area (Å²) in [5.74, 6) is 0.268. The first-order chi connectivity index (χ1) is 13.0. The maximum Gasteiger partial charge on any atom is 0.349 e. The number of rotatable bonds is 1. The number of nitrogens with zero attached hydrogens (tertiary/aromatic N) is 3. The molecule has 1 aliphatic rings. The van der Waals surface area contributed by atoms with Gasteiger partial charge in [-0.2, -0.15) is 0 Å². The normalized spacial score (nSPS) is 14.1. The molecule has 2 aromatic heterocycles. The zero-order chi connectivity index (χ0) is 19.1. The summed E-state index contributed by atoms with van der Waals surface area (Å²) in [4.78, 5) is 43.8. The van der Waals surface area contributed by atoms with E-state index in [-0.39, 0.29) is 17.0 Å². The minimum Gasteiger partial charge on any atom is -0.422 e. The van der Waals surface area contributed by atoms with Crippen molar-refractivity contribution in [3.63, 3.8) is 0 Å². The quantitative estimate of drug-likeness (QED) is 0.609. The number of amides is 1. The summed E-state index contributed by atoms with van der Waals surface area (Å²) >= 11 is 0. The third-order valence-corrected chi connectivity index (χ3v) is 5.10. The number of hydrogen-bond acceptors (Lipinski definition) is 5. The molecule has 0 unspecified atom stereocenters. The Morgan fingerprint density at radius 2 is 1.89 bits per heavy atom. The second-order valence-electron chi connectivity index (χ2n) is 6.73. The van der Waals surface area contributed by atoms with Gasteiger partial charge in [0.25, 0.3) is 11.5 Å². The molecule has 0 aliphatic carbocycles. The van der Waals surface area contributed by atoms with Crippen LogP contribution < -0.4 is 11.2 Å². The van der Waals surface area contributed by atoms with Crippen molar-refractivity contribution in [2.45, 2.75) is 19.8 Å². The van der Waals surface area contributed by atoms with Crippen LogP contribution in [0.4, 0.5) is 0 Å². The van der Waals surface area contributed by atoms with Crippen LogP contribution in [-0.4, -0.2) is 33.4 Å². The Labute approximate surface area is 154 Å². The lowest BCUT2D eigenvalue weighted by molar-refractivity contribution is 0.0759. The van der Waals surface area contributed by atoms with Gasteiger partial charge in [0.15, 0.2) is 0 Å². The summed E-state index contributed by atoms with van der Waals surface area (Å²) in [6.07, 6.45) is 0.900. The summed E-state index contributed by atoms with van der Waals surface area (Å²) in [5.41, 5.74) is 1.12. The number of benzene rings is 1. The van der Waals surface area contributed by atoms with Crippen LogP contribution in [0, 0.1) is 6.92 Å². The van der Waals surface area contributed by atoms with Gasteiger partial charge >= 0.3 is 5.63 Å².